The summed E-state index contributed by atoms with van der Waals surface area (Å²) >= 11 is 0. The summed E-state index contributed by atoms with van der Waals surface area (Å²) in [6.45, 7) is 2.30. The third kappa shape index (κ3) is 3.03. The number of carbonyl (C=O) groups is 2. The molecule has 0 radical (unpaired) electrons. The van der Waals surface area contributed by atoms with Gasteiger partial charge >= 0.3 is 5.97 Å². The Morgan fingerprint density at radius 2 is 1.61 bits per heavy atom. The topological polar surface area (TPSA) is 46.6 Å². The second-order valence-corrected chi connectivity index (χ2v) is 5.48. The summed E-state index contributed by atoms with van der Waals surface area (Å²) < 4.78 is 5.05. The van der Waals surface area contributed by atoms with Gasteiger partial charge in [-0.1, -0.05) is 0 Å². The maximum absolute atomic E-state index is 12.0. The summed E-state index contributed by atoms with van der Waals surface area (Å²) in [6.07, 6.45) is 5.68. The molecular weight excluding hydrogens is 230 g/mol. The largest absolute Gasteiger partial charge is 0.466 e. The quantitative estimate of drug-likeness (QED) is 0.720. The van der Waals surface area contributed by atoms with E-state index in [0.29, 0.717) is 18.6 Å². The lowest BCUT2D eigenvalue weighted by molar-refractivity contribution is -0.149. The molecule has 2 rings (SSSR count). The average molecular weight is 253 g/mol. The molecule has 0 saturated heterocycles. The Morgan fingerprint density at radius 1 is 1.06 bits per heavy atom. The molecule has 0 atom stereocenters. The standard InChI is InChI=1S/C14H23NO3/c1-3-18-14(17)11-6-8-12(9-7-11)15(2)13(16)10-4-5-10/h10-12H,3-9H2,1-2H3. The van der Waals surface area contributed by atoms with Gasteiger partial charge in [0.1, 0.15) is 0 Å². The molecule has 102 valence electrons. The van der Waals surface area contributed by atoms with Crippen molar-refractivity contribution < 1.29 is 14.3 Å². The van der Waals surface area contributed by atoms with Crippen molar-refractivity contribution in [2.75, 3.05) is 13.7 Å². The van der Waals surface area contributed by atoms with Crippen molar-refractivity contribution >= 4 is 11.9 Å². The number of rotatable bonds is 4. The van der Waals surface area contributed by atoms with Crippen molar-refractivity contribution in [1.82, 2.24) is 4.90 Å². The molecule has 0 heterocycles. The van der Waals surface area contributed by atoms with Gasteiger partial charge in [0.2, 0.25) is 5.91 Å². The van der Waals surface area contributed by atoms with E-state index in [4.69, 9.17) is 4.74 Å². The highest BCUT2D eigenvalue weighted by atomic mass is 16.5. The van der Waals surface area contributed by atoms with E-state index >= 15 is 0 Å². The van der Waals surface area contributed by atoms with E-state index in [1.165, 1.54) is 0 Å². The van der Waals surface area contributed by atoms with Crippen LogP contribution in [0.1, 0.15) is 45.4 Å². The summed E-state index contributed by atoms with van der Waals surface area (Å²) in [4.78, 5) is 25.5. The van der Waals surface area contributed by atoms with Gasteiger partial charge in [0.25, 0.3) is 0 Å². The van der Waals surface area contributed by atoms with E-state index in [-0.39, 0.29) is 17.8 Å². The minimum Gasteiger partial charge on any atom is -0.466 e. The van der Waals surface area contributed by atoms with Gasteiger partial charge < -0.3 is 9.64 Å². The third-order valence-electron chi connectivity index (χ3n) is 4.14. The van der Waals surface area contributed by atoms with Crippen molar-refractivity contribution in [2.45, 2.75) is 51.5 Å². The van der Waals surface area contributed by atoms with E-state index in [0.717, 1.165) is 38.5 Å². The highest BCUT2D eigenvalue weighted by molar-refractivity contribution is 5.81. The third-order valence-corrected chi connectivity index (χ3v) is 4.14. The Morgan fingerprint density at radius 3 is 2.11 bits per heavy atom. The monoisotopic (exact) mass is 253 g/mol. The Balaban J connectivity index is 1.78. The first-order valence-corrected chi connectivity index (χ1v) is 7.06. The Bertz CT molecular complexity index is 317. The van der Waals surface area contributed by atoms with Gasteiger partial charge in [-0.2, -0.15) is 0 Å². The molecule has 0 spiro atoms. The predicted octanol–water partition coefficient (Wildman–Crippen LogP) is 1.98. The summed E-state index contributed by atoms with van der Waals surface area (Å²) in [7, 11) is 1.91. The van der Waals surface area contributed by atoms with Crippen molar-refractivity contribution in [1.29, 1.82) is 0 Å². The van der Waals surface area contributed by atoms with Crippen LogP contribution < -0.4 is 0 Å². The van der Waals surface area contributed by atoms with E-state index in [9.17, 15) is 9.59 Å². The van der Waals surface area contributed by atoms with E-state index < -0.39 is 0 Å². The van der Waals surface area contributed by atoms with Crippen LogP contribution in [0, 0.1) is 11.8 Å². The number of hydrogen-bond acceptors (Lipinski definition) is 3. The normalized spacial score (nSPS) is 27.7. The van der Waals surface area contributed by atoms with Crippen LogP contribution in [-0.2, 0) is 14.3 Å². The van der Waals surface area contributed by atoms with Gasteiger partial charge in [-0.25, -0.2) is 0 Å². The molecule has 0 aliphatic heterocycles. The molecule has 0 N–H and O–H groups in total. The van der Waals surface area contributed by atoms with Crippen molar-refractivity contribution in [3.63, 3.8) is 0 Å². The van der Waals surface area contributed by atoms with Gasteiger partial charge in [0.05, 0.1) is 12.5 Å². The highest BCUT2D eigenvalue weighted by Gasteiger charge is 2.36. The smallest absolute Gasteiger partial charge is 0.308 e. The van der Waals surface area contributed by atoms with Crippen LogP contribution in [0.3, 0.4) is 0 Å². The van der Waals surface area contributed by atoms with Crippen LogP contribution in [-0.4, -0.2) is 36.5 Å². The number of carbonyl (C=O) groups excluding carboxylic acids is 2. The van der Waals surface area contributed by atoms with Crippen LogP contribution in [0.4, 0.5) is 0 Å². The number of esters is 1. The molecule has 4 heteroatoms. The lowest BCUT2D eigenvalue weighted by Crippen LogP contribution is -2.41. The molecule has 0 unspecified atom stereocenters. The Labute approximate surface area is 109 Å². The zero-order valence-electron chi connectivity index (χ0n) is 11.4. The van der Waals surface area contributed by atoms with E-state index in [1.54, 1.807) is 0 Å². The summed E-state index contributed by atoms with van der Waals surface area (Å²) in [6, 6.07) is 0.323. The molecule has 0 bridgehead atoms. The zero-order chi connectivity index (χ0) is 13.1. The Hall–Kier alpha value is -1.06. The van der Waals surface area contributed by atoms with Crippen LogP contribution in [0.15, 0.2) is 0 Å². The first-order valence-electron chi connectivity index (χ1n) is 7.06. The molecule has 2 fully saturated rings. The van der Waals surface area contributed by atoms with Crippen LogP contribution in [0.25, 0.3) is 0 Å². The molecule has 0 aromatic heterocycles. The average Bonchev–Trinajstić information content (AvgIpc) is 3.22. The summed E-state index contributed by atoms with van der Waals surface area (Å²) in [5.41, 5.74) is 0. The molecule has 4 nitrogen and oxygen atoms in total. The molecule has 0 aromatic carbocycles. The molecule has 1 amide bonds. The van der Waals surface area contributed by atoms with Crippen LogP contribution in [0.2, 0.25) is 0 Å². The summed E-state index contributed by atoms with van der Waals surface area (Å²) in [5.74, 6) is 0.574. The maximum Gasteiger partial charge on any atom is 0.308 e. The molecule has 18 heavy (non-hydrogen) atoms. The van der Waals surface area contributed by atoms with Gasteiger partial charge in [-0.15, -0.1) is 0 Å². The fraction of sp³-hybridized carbons (Fsp3) is 0.857. The molecule has 2 aliphatic rings. The minimum atomic E-state index is -0.0628. The van der Waals surface area contributed by atoms with Gasteiger partial charge in [-0.05, 0) is 45.4 Å². The SMILES string of the molecule is CCOC(=O)C1CCC(N(C)C(=O)C2CC2)CC1. The van der Waals surface area contributed by atoms with Crippen molar-refractivity contribution in [3.8, 4) is 0 Å². The van der Waals surface area contributed by atoms with E-state index in [2.05, 4.69) is 0 Å². The maximum atomic E-state index is 12.0. The van der Waals surface area contributed by atoms with Gasteiger partial charge in [0.15, 0.2) is 0 Å². The fourth-order valence-electron chi connectivity index (χ4n) is 2.76. The number of amides is 1. The van der Waals surface area contributed by atoms with Crippen LogP contribution in [0.5, 0.6) is 0 Å². The van der Waals surface area contributed by atoms with Crippen LogP contribution >= 0.6 is 0 Å². The van der Waals surface area contributed by atoms with Gasteiger partial charge in [0, 0.05) is 19.0 Å². The Kier molecular flexibility index (Phi) is 4.25. The zero-order valence-corrected chi connectivity index (χ0v) is 11.4. The number of ether oxygens (including phenoxy) is 1. The fourth-order valence-corrected chi connectivity index (χ4v) is 2.76. The minimum absolute atomic E-state index is 0.0469. The lowest BCUT2D eigenvalue weighted by atomic mass is 9.85. The predicted molar refractivity (Wildman–Crippen MR) is 67.9 cm³/mol. The molecule has 2 saturated carbocycles. The van der Waals surface area contributed by atoms with Crippen molar-refractivity contribution in [3.05, 3.63) is 0 Å². The lowest BCUT2D eigenvalue weighted by Gasteiger charge is -2.34. The first-order chi connectivity index (χ1) is 8.63. The van der Waals surface area contributed by atoms with E-state index in [1.807, 2.05) is 18.9 Å². The van der Waals surface area contributed by atoms with Gasteiger partial charge in [-0.3, -0.25) is 9.59 Å². The number of hydrogen-bond donors (Lipinski definition) is 0. The van der Waals surface area contributed by atoms with Crippen molar-refractivity contribution in [2.24, 2.45) is 11.8 Å². The summed E-state index contributed by atoms with van der Waals surface area (Å²) in [5, 5.41) is 0. The molecule has 0 aromatic rings. The highest BCUT2D eigenvalue weighted by Crippen LogP contribution is 2.34. The second kappa shape index (κ2) is 5.72. The number of nitrogens with zero attached hydrogens (tertiary/aromatic N) is 1. The molecular formula is C14H23NO3. The second-order valence-electron chi connectivity index (χ2n) is 5.48. The molecule has 2 aliphatic carbocycles. The first kappa shape index (κ1) is 13.4.